The Hall–Kier alpha value is -2.37. The van der Waals surface area contributed by atoms with E-state index in [-0.39, 0.29) is 13.2 Å². The molecule has 0 aliphatic heterocycles. The van der Waals surface area contributed by atoms with Crippen LogP contribution in [0.3, 0.4) is 0 Å². The SMILES string of the molecule is O=C(NCC(O)c1csc2ccccc12)OCc1ccccc1. The lowest BCUT2D eigenvalue weighted by atomic mass is 10.1. The minimum absolute atomic E-state index is 0.119. The minimum atomic E-state index is -0.754. The van der Waals surface area contributed by atoms with Gasteiger partial charge in [-0.1, -0.05) is 48.5 Å². The van der Waals surface area contributed by atoms with E-state index in [1.165, 1.54) is 0 Å². The number of nitrogens with one attached hydrogen (secondary N) is 1. The van der Waals surface area contributed by atoms with Gasteiger partial charge in [0.2, 0.25) is 0 Å². The van der Waals surface area contributed by atoms with Gasteiger partial charge in [-0.05, 0) is 22.4 Å². The van der Waals surface area contributed by atoms with Crippen LogP contribution in [-0.4, -0.2) is 17.7 Å². The molecule has 118 valence electrons. The van der Waals surface area contributed by atoms with Crippen molar-refractivity contribution in [3.8, 4) is 0 Å². The van der Waals surface area contributed by atoms with Crippen molar-refractivity contribution in [2.45, 2.75) is 12.7 Å². The molecule has 2 aromatic carbocycles. The predicted molar refractivity (Wildman–Crippen MR) is 91.4 cm³/mol. The maximum absolute atomic E-state index is 11.7. The Morgan fingerprint density at radius 1 is 1.13 bits per heavy atom. The smallest absolute Gasteiger partial charge is 0.407 e. The number of ether oxygens (including phenoxy) is 1. The van der Waals surface area contributed by atoms with Gasteiger partial charge in [-0.3, -0.25) is 0 Å². The molecule has 3 rings (SSSR count). The fourth-order valence-electron chi connectivity index (χ4n) is 2.32. The first-order valence-electron chi connectivity index (χ1n) is 7.33. The predicted octanol–water partition coefficient (Wildman–Crippen LogP) is 3.86. The van der Waals surface area contributed by atoms with Crippen molar-refractivity contribution in [2.24, 2.45) is 0 Å². The van der Waals surface area contributed by atoms with E-state index >= 15 is 0 Å². The summed E-state index contributed by atoms with van der Waals surface area (Å²) in [5.74, 6) is 0. The van der Waals surface area contributed by atoms with Gasteiger partial charge < -0.3 is 15.2 Å². The second kappa shape index (κ2) is 7.26. The highest BCUT2D eigenvalue weighted by Gasteiger charge is 2.14. The number of thiophene rings is 1. The van der Waals surface area contributed by atoms with Crippen molar-refractivity contribution in [1.82, 2.24) is 5.32 Å². The molecule has 0 aliphatic rings. The monoisotopic (exact) mass is 327 g/mol. The van der Waals surface area contributed by atoms with Crippen LogP contribution in [0, 0.1) is 0 Å². The first-order chi connectivity index (χ1) is 11.2. The molecule has 1 atom stereocenters. The largest absolute Gasteiger partial charge is 0.445 e. The molecule has 1 heterocycles. The zero-order valence-electron chi connectivity index (χ0n) is 12.4. The highest BCUT2D eigenvalue weighted by molar-refractivity contribution is 7.17. The molecule has 3 aromatic rings. The second-order valence-corrected chi connectivity index (χ2v) is 6.06. The molecule has 0 fully saturated rings. The van der Waals surface area contributed by atoms with Crippen LogP contribution >= 0.6 is 11.3 Å². The first-order valence-corrected chi connectivity index (χ1v) is 8.21. The fraction of sp³-hybridized carbons (Fsp3) is 0.167. The average Bonchev–Trinajstić information content (AvgIpc) is 3.03. The topological polar surface area (TPSA) is 58.6 Å². The van der Waals surface area contributed by atoms with Crippen molar-refractivity contribution in [3.63, 3.8) is 0 Å². The Bertz CT molecular complexity index is 785. The van der Waals surface area contributed by atoms with Crippen LogP contribution in [0.4, 0.5) is 4.79 Å². The third-order valence-corrected chi connectivity index (χ3v) is 4.50. The van der Waals surface area contributed by atoms with Crippen LogP contribution in [0.1, 0.15) is 17.2 Å². The molecule has 1 aromatic heterocycles. The van der Waals surface area contributed by atoms with E-state index in [9.17, 15) is 9.90 Å². The van der Waals surface area contributed by atoms with E-state index in [1.807, 2.05) is 60.0 Å². The summed E-state index contributed by atoms with van der Waals surface area (Å²) >= 11 is 1.58. The molecule has 0 bridgehead atoms. The van der Waals surface area contributed by atoms with Gasteiger partial charge in [-0.25, -0.2) is 4.79 Å². The van der Waals surface area contributed by atoms with Crippen molar-refractivity contribution in [2.75, 3.05) is 6.54 Å². The molecular weight excluding hydrogens is 310 g/mol. The van der Waals surface area contributed by atoms with Crippen LogP contribution in [-0.2, 0) is 11.3 Å². The minimum Gasteiger partial charge on any atom is -0.445 e. The van der Waals surface area contributed by atoms with Gasteiger partial charge in [-0.2, -0.15) is 0 Å². The van der Waals surface area contributed by atoms with E-state index in [2.05, 4.69) is 5.32 Å². The maximum atomic E-state index is 11.7. The van der Waals surface area contributed by atoms with Gasteiger partial charge >= 0.3 is 6.09 Å². The Labute approximate surface area is 138 Å². The Morgan fingerprint density at radius 3 is 2.70 bits per heavy atom. The van der Waals surface area contributed by atoms with Gasteiger partial charge in [0.15, 0.2) is 0 Å². The Morgan fingerprint density at radius 2 is 1.87 bits per heavy atom. The van der Waals surface area contributed by atoms with Crippen molar-refractivity contribution < 1.29 is 14.6 Å². The second-order valence-electron chi connectivity index (χ2n) is 5.15. The molecule has 1 amide bonds. The van der Waals surface area contributed by atoms with E-state index in [1.54, 1.807) is 11.3 Å². The summed E-state index contributed by atoms with van der Waals surface area (Å²) in [7, 11) is 0. The Balaban J connectivity index is 1.52. The number of rotatable bonds is 5. The molecule has 4 nitrogen and oxygen atoms in total. The third kappa shape index (κ3) is 3.88. The van der Waals surface area contributed by atoms with Gasteiger partial charge in [0.25, 0.3) is 0 Å². The van der Waals surface area contributed by atoms with E-state index < -0.39 is 12.2 Å². The van der Waals surface area contributed by atoms with Gasteiger partial charge in [0.05, 0.1) is 12.6 Å². The van der Waals surface area contributed by atoms with Gasteiger partial charge in [0, 0.05) is 10.3 Å². The highest BCUT2D eigenvalue weighted by Crippen LogP contribution is 2.29. The number of amides is 1. The molecule has 0 aliphatic carbocycles. The van der Waals surface area contributed by atoms with Crippen LogP contribution in [0.5, 0.6) is 0 Å². The summed E-state index contributed by atoms with van der Waals surface area (Å²) in [5.41, 5.74) is 1.75. The number of alkyl carbamates (subject to hydrolysis) is 1. The zero-order chi connectivity index (χ0) is 16.1. The number of aliphatic hydroxyl groups is 1. The third-order valence-electron chi connectivity index (χ3n) is 3.52. The summed E-state index contributed by atoms with van der Waals surface area (Å²) in [6.07, 6.45) is -1.29. The number of benzene rings is 2. The van der Waals surface area contributed by atoms with Crippen molar-refractivity contribution in [1.29, 1.82) is 0 Å². The molecule has 0 saturated heterocycles. The molecule has 0 radical (unpaired) electrons. The van der Waals surface area contributed by atoms with Crippen LogP contribution in [0.25, 0.3) is 10.1 Å². The van der Waals surface area contributed by atoms with E-state index in [4.69, 9.17) is 4.74 Å². The zero-order valence-corrected chi connectivity index (χ0v) is 13.3. The van der Waals surface area contributed by atoms with Gasteiger partial charge in [-0.15, -0.1) is 11.3 Å². The number of hydrogen-bond acceptors (Lipinski definition) is 4. The van der Waals surface area contributed by atoms with Crippen molar-refractivity contribution >= 4 is 27.5 Å². The summed E-state index contributed by atoms with van der Waals surface area (Å²) < 4.78 is 6.24. The lowest BCUT2D eigenvalue weighted by Crippen LogP contribution is -2.28. The van der Waals surface area contributed by atoms with Gasteiger partial charge in [0.1, 0.15) is 6.61 Å². The first kappa shape index (κ1) is 15.5. The fourth-order valence-corrected chi connectivity index (χ4v) is 3.33. The summed E-state index contributed by atoms with van der Waals surface area (Å²) in [6.45, 7) is 0.332. The van der Waals surface area contributed by atoms with E-state index in [0.29, 0.717) is 0 Å². The molecule has 23 heavy (non-hydrogen) atoms. The summed E-state index contributed by atoms with van der Waals surface area (Å²) in [5, 5.41) is 15.8. The number of hydrogen-bond donors (Lipinski definition) is 2. The summed E-state index contributed by atoms with van der Waals surface area (Å²) in [6, 6.07) is 17.4. The van der Waals surface area contributed by atoms with Crippen LogP contribution in [0.2, 0.25) is 0 Å². The van der Waals surface area contributed by atoms with Crippen molar-refractivity contribution in [3.05, 3.63) is 71.1 Å². The lowest BCUT2D eigenvalue weighted by Gasteiger charge is -2.12. The number of carbonyl (C=O) groups is 1. The average molecular weight is 327 g/mol. The molecule has 2 N–H and O–H groups in total. The standard InChI is InChI=1S/C18H17NO3S/c20-16(15-12-23-17-9-5-4-8-14(15)17)10-19-18(21)22-11-13-6-2-1-3-7-13/h1-9,12,16,20H,10-11H2,(H,19,21). The number of aliphatic hydroxyl groups excluding tert-OH is 1. The van der Waals surface area contributed by atoms with Crippen LogP contribution < -0.4 is 5.32 Å². The molecular formula is C18H17NO3S. The normalized spacial score (nSPS) is 12.0. The maximum Gasteiger partial charge on any atom is 0.407 e. The molecule has 0 saturated carbocycles. The summed E-state index contributed by atoms with van der Waals surface area (Å²) in [4.78, 5) is 11.7. The molecule has 1 unspecified atom stereocenters. The Kier molecular flexibility index (Phi) is 4.90. The molecule has 0 spiro atoms. The lowest BCUT2D eigenvalue weighted by molar-refractivity contribution is 0.126. The number of carbonyl (C=O) groups excluding carboxylic acids is 1. The van der Waals surface area contributed by atoms with E-state index in [0.717, 1.165) is 21.2 Å². The highest BCUT2D eigenvalue weighted by atomic mass is 32.1. The molecule has 5 heteroatoms. The number of fused-ring (bicyclic) bond motifs is 1. The quantitative estimate of drug-likeness (QED) is 0.748. The van der Waals surface area contributed by atoms with Crippen LogP contribution in [0.15, 0.2) is 60.0 Å².